The molecule has 1 N–H and O–H groups in total. The van der Waals surface area contributed by atoms with Crippen LogP contribution in [0.15, 0.2) is 46.9 Å². The first-order valence-corrected chi connectivity index (χ1v) is 7.08. The second-order valence-corrected chi connectivity index (χ2v) is 5.51. The fourth-order valence-corrected chi connectivity index (χ4v) is 2.69. The highest BCUT2D eigenvalue weighted by Gasteiger charge is 2.20. The van der Waals surface area contributed by atoms with Gasteiger partial charge in [-0.15, -0.1) is 0 Å². The minimum Gasteiger partial charge on any atom is -0.459 e. The van der Waals surface area contributed by atoms with E-state index in [9.17, 15) is 4.39 Å². The first-order chi connectivity index (χ1) is 10.1. The Balaban J connectivity index is 2.11. The molecule has 0 saturated carbocycles. The third-order valence-electron chi connectivity index (χ3n) is 3.53. The van der Waals surface area contributed by atoms with Crippen LogP contribution in [-0.4, -0.2) is 7.05 Å². The second kappa shape index (κ2) is 5.51. The molecule has 0 aliphatic rings. The van der Waals surface area contributed by atoms with Crippen molar-refractivity contribution in [3.8, 4) is 0 Å². The van der Waals surface area contributed by atoms with Gasteiger partial charge in [0.2, 0.25) is 0 Å². The van der Waals surface area contributed by atoms with Crippen molar-refractivity contribution >= 4 is 22.6 Å². The largest absolute Gasteiger partial charge is 0.459 e. The summed E-state index contributed by atoms with van der Waals surface area (Å²) in [6.45, 7) is 2.03. The van der Waals surface area contributed by atoms with E-state index >= 15 is 0 Å². The van der Waals surface area contributed by atoms with E-state index in [1.165, 1.54) is 12.1 Å². The summed E-state index contributed by atoms with van der Waals surface area (Å²) >= 11 is 5.98. The molecule has 1 aromatic heterocycles. The van der Waals surface area contributed by atoms with Crippen LogP contribution in [0.5, 0.6) is 0 Å². The number of furan rings is 1. The van der Waals surface area contributed by atoms with E-state index in [1.54, 1.807) is 13.1 Å². The molecule has 4 heteroatoms. The van der Waals surface area contributed by atoms with Gasteiger partial charge in [-0.1, -0.05) is 23.2 Å². The van der Waals surface area contributed by atoms with Gasteiger partial charge in [-0.2, -0.15) is 0 Å². The van der Waals surface area contributed by atoms with Gasteiger partial charge in [-0.05, 0) is 50.4 Å². The predicted molar refractivity (Wildman–Crippen MR) is 83.3 cm³/mol. The lowest BCUT2D eigenvalue weighted by Crippen LogP contribution is -2.18. The van der Waals surface area contributed by atoms with Crippen LogP contribution in [0.2, 0.25) is 5.02 Å². The molecule has 0 bridgehead atoms. The van der Waals surface area contributed by atoms with Gasteiger partial charge < -0.3 is 9.73 Å². The van der Waals surface area contributed by atoms with Crippen LogP contribution in [0.3, 0.4) is 0 Å². The summed E-state index contributed by atoms with van der Waals surface area (Å²) in [7, 11) is 1.77. The van der Waals surface area contributed by atoms with Crippen molar-refractivity contribution in [2.45, 2.75) is 13.0 Å². The van der Waals surface area contributed by atoms with Crippen molar-refractivity contribution in [1.29, 1.82) is 0 Å². The van der Waals surface area contributed by atoms with Gasteiger partial charge in [0, 0.05) is 16.0 Å². The maximum Gasteiger partial charge on any atom is 0.134 e. The minimum atomic E-state index is -0.378. The molecule has 2 aromatic carbocycles. The molecule has 0 aliphatic heterocycles. The Morgan fingerprint density at radius 3 is 2.71 bits per heavy atom. The minimum absolute atomic E-state index is 0.310. The standard InChI is InChI=1S/C17H15ClFNO/c1-10-3-6-15-11(7-10)8-16(21-15)17(20-2)13-9-12(18)4-5-14(13)19/h3-9,17,20H,1-2H3. The summed E-state index contributed by atoms with van der Waals surface area (Å²) in [5.74, 6) is 0.356. The van der Waals surface area contributed by atoms with E-state index in [4.69, 9.17) is 16.0 Å². The highest BCUT2D eigenvalue weighted by molar-refractivity contribution is 6.30. The summed E-state index contributed by atoms with van der Waals surface area (Å²) in [5, 5.41) is 4.59. The van der Waals surface area contributed by atoms with Crippen molar-refractivity contribution < 1.29 is 8.81 Å². The van der Waals surface area contributed by atoms with E-state index in [1.807, 2.05) is 31.2 Å². The number of fused-ring (bicyclic) bond motifs is 1. The summed E-state index contributed by atoms with van der Waals surface area (Å²) in [4.78, 5) is 0. The lowest BCUT2D eigenvalue weighted by atomic mass is 10.0. The highest BCUT2D eigenvalue weighted by atomic mass is 35.5. The Morgan fingerprint density at radius 1 is 1.14 bits per heavy atom. The normalized spacial score (nSPS) is 12.8. The maximum absolute atomic E-state index is 14.1. The van der Waals surface area contributed by atoms with Gasteiger partial charge in [0.25, 0.3) is 0 Å². The molecule has 0 spiro atoms. The number of hydrogen-bond acceptors (Lipinski definition) is 2. The summed E-state index contributed by atoms with van der Waals surface area (Å²) in [6, 6.07) is 12.0. The van der Waals surface area contributed by atoms with E-state index in [-0.39, 0.29) is 11.9 Å². The SMILES string of the molecule is CNC(c1cc2cc(C)ccc2o1)c1cc(Cl)ccc1F. The van der Waals surface area contributed by atoms with Crippen LogP contribution < -0.4 is 5.32 Å². The number of aryl methyl sites for hydroxylation is 1. The van der Waals surface area contributed by atoms with Crippen molar-refractivity contribution in [3.63, 3.8) is 0 Å². The van der Waals surface area contributed by atoms with Gasteiger partial charge in [-0.25, -0.2) is 4.39 Å². The molecule has 1 unspecified atom stereocenters. The monoisotopic (exact) mass is 303 g/mol. The summed E-state index contributed by atoms with van der Waals surface area (Å²) in [5.41, 5.74) is 2.42. The molecule has 0 saturated heterocycles. The zero-order valence-corrected chi connectivity index (χ0v) is 12.5. The Morgan fingerprint density at radius 2 is 1.95 bits per heavy atom. The molecule has 3 rings (SSSR count). The first-order valence-electron chi connectivity index (χ1n) is 6.71. The second-order valence-electron chi connectivity index (χ2n) is 5.08. The fourth-order valence-electron chi connectivity index (χ4n) is 2.51. The molecule has 0 amide bonds. The number of halogens is 2. The van der Waals surface area contributed by atoms with Gasteiger partial charge >= 0.3 is 0 Å². The molecule has 0 aliphatic carbocycles. The van der Waals surface area contributed by atoms with Gasteiger partial charge in [0.1, 0.15) is 17.2 Å². The maximum atomic E-state index is 14.1. The molecular weight excluding hydrogens is 289 g/mol. The van der Waals surface area contributed by atoms with E-state index in [2.05, 4.69) is 5.32 Å². The molecule has 21 heavy (non-hydrogen) atoms. The van der Waals surface area contributed by atoms with Crippen molar-refractivity contribution in [2.24, 2.45) is 0 Å². The zero-order chi connectivity index (χ0) is 15.0. The molecule has 0 radical (unpaired) electrons. The molecule has 1 atom stereocenters. The number of hydrogen-bond donors (Lipinski definition) is 1. The molecule has 2 nitrogen and oxygen atoms in total. The Hall–Kier alpha value is -1.84. The topological polar surface area (TPSA) is 25.2 Å². The average Bonchev–Trinajstić information content (AvgIpc) is 2.86. The fraction of sp³-hybridized carbons (Fsp3) is 0.176. The van der Waals surface area contributed by atoms with Gasteiger partial charge in [0.05, 0.1) is 6.04 Å². The van der Waals surface area contributed by atoms with Crippen LogP contribution in [0.4, 0.5) is 4.39 Å². The number of rotatable bonds is 3. The van der Waals surface area contributed by atoms with Crippen LogP contribution in [-0.2, 0) is 0 Å². The lowest BCUT2D eigenvalue weighted by Gasteiger charge is -2.15. The van der Waals surface area contributed by atoms with Crippen LogP contribution in [0, 0.1) is 12.7 Å². The van der Waals surface area contributed by atoms with Crippen LogP contribution in [0.25, 0.3) is 11.0 Å². The zero-order valence-electron chi connectivity index (χ0n) is 11.8. The first kappa shape index (κ1) is 14.1. The molecule has 0 fully saturated rings. The third-order valence-corrected chi connectivity index (χ3v) is 3.77. The van der Waals surface area contributed by atoms with E-state index in [0.29, 0.717) is 16.3 Å². The Labute approximate surface area is 127 Å². The quantitative estimate of drug-likeness (QED) is 0.749. The predicted octanol–water partition coefficient (Wildman–Crippen LogP) is 4.84. The Kier molecular flexibility index (Phi) is 3.70. The van der Waals surface area contributed by atoms with Gasteiger partial charge in [0.15, 0.2) is 0 Å². The molecule has 108 valence electrons. The van der Waals surface area contributed by atoms with Crippen LogP contribution in [0.1, 0.15) is 22.9 Å². The average molecular weight is 304 g/mol. The van der Waals surface area contributed by atoms with Gasteiger partial charge in [-0.3, -0.25) is 0 Å². The number of nitrogens with one attached hydrogen (secondary N) is 1. The molecular formula is C17H15ClFNO. The highest BCUT2D eigenvalue weighted by Crippen LogP contribution is 2.31. The van der Waals surface area contributed by atoms with E-state index < -0.39 is 0 Å². The summed E-state index contributed by atoms with van der Waals surface area (Å²) < 4.78 is 19.9. The molecule has 1 heterocycles. The van der Waals surface area contributed by atoms with Crippen LogP contribution >= 0.6 is 11.6 Å². The smallest absolute Gasteiger partial charge is 0.134 e. The third kappa shape index (κ3) is 2.67. The number of benzene rings is 2. The summed E-state index contributed by atoms with van der Waals surface area (Å²) in [6.07, 6.45) is 0. The van der Waals surface area contributed by atoms with Crippen molar-refractivity contribution in [3.05, 3.63) is 70.2 Å². The molecule has 3 aromatic rings. The lowest BCUT2D eigenvalue weighted by molar-refractivity contribution is 0.476. The van der Waals surface area contributed by atoms with Crippen molar-refractivity contribution in [2.75, 3.05) is 7.05 Å². The Bertz CT molecular complexity index is 797. The van der Waals surface area contributed by atoms with E-state index in [0.717, 1.165) is 16.5 Å². The van der Waals surface area contributed by atoms with Crippen molar-refractivity contribution in [1.82, 2.24) is 5.32 Å².